The zero-order valence-electron chi connectivity index (χ0n) is 15.6. The molecule has 0 saturated carbocycles. The molecule has 0 aliphatic carbocycles. The van der Waals surface area contributed by atoms with Crippen molar-refractivity contribution in [2.24, 2.45) is 0 Å². The zero-order valence-corrected chi connectivity index (χ0v) is 16.6. The van der Waals surface area contributed by atoms with Crippen molar-refractivity contribution in [1.29, 1.82) is 0 Å². The summed E-state index contributed by atoms with van der Waals surface area (Å²) >= 11 is 0. The van der Waals surface area contributed by atoms with E-state index in [4.69, 9.17) is 4.43 Å². The molecule has 0 fully saturated rings. The number of hydrogen-bond acceptors (Lipinski definition) is 3. The standard InChI is InChI=1S/C21H30O3Si/c1-17(20(23)15-16-22)24-25(21(2,3)4,18-11-7-5-8-12-18)19-13-9-6-10-14-19/h5-14,17,20,22-23H,15-16H2,1-4H3/t17?,20-/m0/s1. The van der Waals surface area contributed by atoms with E-state index in [9.17, 15) is 10.2 Å². The van der Waals surface area contributed by atoms with Crippen LogP contribution in [0.1, 0.15) is 34.1 Å². The topological polar surface area (TPSA) is 49.7 Å². The lowest BCUT2D eigenvalue weighted by atomic mass is 10.2. The van der Waals surface area contributed by atoms with Gasteiger partial charge in [0.25, 0.3) is 8.32 Å². The van der Waals surface area contributed by atoms with Crippen molar-refractivity contribution in [1.82, 2.24) is 0 Å². The molecule has 0 spiro atoms. The lowest BCUT2D eigenvalue weighted by Crippen LogP contribution is -2.68. The zero-order chi connectivity index (χ0) is 18.5. The van der Waals surface area contributed by atoms with Crippen molar-refractivity contribution in [2.75, 3.05) is 6.61 Å². The molecular formula is C21H30O3Si. The summed E-state index contributed by atoms with van der Waals surface area (Å²) in [5, 5.41) is 21.8. The Labute approximate surface area is 152 Å². The Balaban J connectivity index is 2.61. The van der Waals surface area contributed by atoms with E-state index < -0.39 is 14.4 Å². The second-order valence-corrected chi connectivity index (χ2v) is 11.8. The van der Waals surface area contributed by atoms with Crippen LogP contribution in [-0.2, 0) is 4.43 Å². The first-order chi connectivity index (χ1) is 11.8. The summed E-state index contributed by atoms with van der Waals surface area (Å²) in [6.45, 7) is 8.49. The average Bonchev–Trinajstić information content (AvgIpc) is 2.60. The van der Waals surface area contributed by atoms with E-state index in [2.05, 4.69) is 45.0 Å². The monoisotopic (exact) mass is 358 g/mol. The molecule has 25 heavy (non-hydrogen) atoms. The van der Waals surface area contributed by atoms with E-state index in [1.165, 1.54) is 10.4 Å². The summed E-state index contributed by atoms with van der Waals surface area (Å²) in [5.41, 5.74) is 0. The predicted molar refractivity (Wildman–Crippen MR) is 106 cm³/mol. The van der Waals surface area contributed by atoms with Gasteiger partial charge in [0.15, 0.2) is 0 Å². The van der Waals surface area contributed by atoms with Crippen molar-refractivity contribution in [3.63, 3.8) is 0 Å². The van der Waals surface area contributed by atoms with E-state index in [-0.39, 0.29) is 17.7 Å². The van der Waals surface area contributed by atoms with Gasteiger partial charge in [0.2, 0.25) is 0 Å². The fourth-order valence-electron chi connectivity index (χ4n) is 3.42. The van der Waals surface area contributed by atoms with Crippen LogP contribution in [0.3, 0.4) is 0 Å². The molecule has 2 rings (SSSR count). The molecule has 2 atom stereocenters. The van der Waals surface area contributed by atoms with E-state index in [1.807, 2.05) is 43.3 Å². The van der Waals surface area contributed by atoms with Crippen LogP contribution in [0.15, 0.2) is 60.7 Å². The van der Waals surface area contributed by atoms with Gasteiger partial charge in [0.05, 0.1) is 12.2 Å². The first-order valence-electron chi connectivity index (χ1n) is 8.90. The Morgan fingerprint density at radius 1 is 0.920 bits per heavy atom. The summed E-state index contributed by atoms with van der Waals surface area (Å²) in [6.07, 6.45) is -0.732. The summed E-state index contributed by atoms with van der Waals surface area (Å²) in [4.78, 5) is 0. The minimum atomic E-state index is -2.65. The van der Waals surface area contributed by atoms with Gasteiger partial charge >= 0.3 is 0 Å². The molecular weight excluding hydrogens is 328 g/mol. The van der Waals surface area contributed by atoms with Gasteiger partial charge in [-0.15, -0.1) is 0 Å². The maximum absolute atomic E-state index is 10.4. The summed E-state index contributed by atoms with van der Waals surface area (Å²) in [6, 6.07) is 20.7. The van der Waals surface area contributed by atoms with Crippen LogP contribution in [0.4, 0.5) is 0 Å². The Kier molecular flexibility index (Phi) is 6.57. The Hall–Kier alpha value is -1.46. The maximum Gasteiger partial charge on any atom is 0.261 e. The molecule has 3 nitrogen and oxygen atoms in total. The minimum Gasteiger partial charge on any atom is -0.402 e. The number of aliphatic hydroxyl groups excluding tert-OH is 2. The highest BCUT2D eigenvalue weighted by Gasteiger charge is 2.51. The largest absolute Gasteiger partial charge is 0.402 e. The molecule has 0 aliphatic rings. The molecule has 0 saturated heterocycles. The third-order valence-corrected chi connectivity index (χ3v) is 9.88. The first-order valence-corrected chi connectivity index (χ1v) is 10.8. The van der Waals surface area contributed by atoms with Crippen molar-refractivity contribution in [3.8, 4) is 0 Å². The van der Waals surface area contributed by atoms with Gasteiger partial charge in [-0.3, -0.25) is 0 Å². The van der Waals surface area contributed by atoms with Crippen LogP contribution < -0.4 is 10.4 Å². The number of hydrogen-bond donors (Lipinski definition) is 2. The van der Waals surface area contributed by atoms with Gasteiger partial charge in [0, 0.05) is 6.61 Å². The maximum atomic E-state index is 10.4. The number of aliphatic hydroxyl groups is 2. The molecule has 0 aliphatic heterocycles. The minimum absolute atomic E-state index is 0.0460. The van der Waals surface area contributed by atoms with E-state index in [0.29, 0.717) is 6.42 Å². The van der Waals surface area contributed by atoms with Crippen LogP contribution in [-0.4, -0.2) is 37.3 Å². The highest BCUT2D eigenvalue weighted by Crippen LogP contribution is 2.37. The molecule has 0 bridgehead atoms. The molecule has 2 N–H and O–H groups in total. The molecule has 0 radical (unpaired) electrons. The molecule has 4 heteroatoms. The highest BCUT2D eigenvalue weighted by atomic mass is 28.4. The molecule has 2 aromatic rings. The molecule has 2 aromatic carbocycles. The summed E-state index contributed by atoms with van der Waals surface area (Å²) < 4.78 is 6.77. The summed E-state index contributed by atoms with van der Waals surface area (Å²) in [7, 11) is -2.65. The number of benzene rings is 2. The van der Waals surface area contributed by atoms with Crippen molar-refractivity contribution in [3.05, 3.63) is 60.7 Å². The Morgan fingerprint density at radius 2 is 1.36 bits per heavy atom. The van der Waals surface area contributed by atoms with Crippen molar-refractivity contribution in [2.45, 2.75) is 51.4 Å². The van der Waals surface area contributed by atoms with Gasteiger partial charge in [-0.25, -0.2) is 0 Å². The van der Waals surface area contributed by atoms with E-state index in [1.54, 1.807) is 0 Å². The second kappa shape index (κ2) is 8.28. The third-order valence-electron chi connectivity index (χ3n) is 4.75. The lowest BCUT2D eigenvalue weighted by Gasteiger charge is -2.45. The Bertz CT molecular complexity index is 598. The normalized spacial score (nSPS) is 15.0. The first kappa shape index (κ1) is 19.9. The molecule has 1 unspecified atom stereocenters. The van der Waals surface area contributed by atoms with Gasteiger partial charge < -0.3 is 14.6 Å². The SMILES string of the molecule is CC(O[Si](c1ccccc1)(c1ccccc1)C(C)(C)C)[C@@H](O)CCO. The molecule has 136 valence electrons. The van der Waals surface area contributed by atoms with E-state index >= 15 is 0 Å². The predicted octanol–water partition coefficient (Wildman–Crippen LogP) is 2.69. The van der Waals surface area contributed by atoms with Gasteiger partial charge in [-0.2, -0.15) is 0 Å². The van der Waals surface area contributed by atoms with E-state index in [0.717, 1.165) is 0 Å². The Morgan fingerprint density at radius 3 is 1.72 bits per heavy atom. The molecule has 0 amide bonds. The average molecular weight is 359 g/mol. The lowest BCUT2D eigenvalue weighted by molar-refractivity contribution is 0.0251. The fraction of sp³-hybridized carbons (Fsp3) is 0.429. The van der Waals surface area contributed by atoms with Gasteiger partial charge in [-0.05, 0) is 28.8 Å². The smallest absolute Gasteiger partial charge is 0.261 e. The third kappa shape index (κ3) is 4.21. The van der Waals surface area contributed by atoms with Crippen LogP contribution in [0.5, 0.6) is 0 Å². The van der Waals surface area contributed by atoms with Crippen LogP contribution in [0.25, 0.3) is 0 Å². The summed E-state index contributed by atoms with van der Waals surface area (Å²) in [5.74, 6) is 0. The highest BCUT2D eigenvalue weighted by molar-refractivity contribution is 6.99. The quantitative estimate of drug-likeness (QED) is 0.748. The number of rotatable bonds is 7. The second-order valence-electron chi connectivity index (χ2n) is 7.57. The van der Waals surface area contributed by atoms with Crippen LogP contribution in [0, 0.1) is 0 Å². The van der Waals surface area contributed by atoms with Crippen LogP contribution >= 0.6 is 0 Å². The van der Waals surface area contributed by atoms with Crippen molar-refractivity contribution < 1.29 is 14.6 Å². The van der Waals surface area contributed by atoms with Crippen LogP contribution in [0.2, 0.25) is 5.04 Å². The fourth-order valence-corrected chi connectivity index (χ4v) is 8.15. The molecule has 0 heterocycles. The van der Waals surface area contributed by atoms with Gasteiger partial charge in [0.1, 0.15) is 0 Å². The molecule has 0 aromatic heterocycles. The van der Waals surface area contributed by atoms with Crippen molar-refractivity contribution >= 4 is 18.7 Å². The van der Waals surface area contributed by atoms with Gasteiger partial charge in [-0.1, -0.05) is 81.4 Å².